The molecule has 2 atom stereocenters. The van der Waals surface area contributed by atoms with Crippen molar-refractivity contribution in [1.82, 2.24) is 0 Å². The summed E-state index contributed by atoms with van der Waals surface area (Å²) in [6.45, 7) is 6.62. The van der Waals surface area contributed by atoms with Gasteiger partial charge in [0.15, 0.2) is 0 Å². The first-order valence-corrected chi connectivity index (χ1v) is 20.1. The van der Waals surface area contributed by atoms with Crippen molar-refractivity contribution in [2.24, 2.45) is 4.99 Å². The zero-order valence-corrected chi connectivity index (χ0v) is 31.7. The first-order chi connectivity index (χ1) is 26.6. The van der Waals surface area contributed by atoms with Crippen molar-refractivity contribution in [3.8, 4) is 0 Å². The molecule has 4 aliphatic carbocycles. The van der Waals surface area contributed by atoms with Crippen LogP contribution in [0.4, 0.5) is 0 Å². The number of aliphatic imine (C=N–C) groups is 1. The van der Waals surface area contributed by atoms with E-state index in [0.717, 1.165) is 79.5 Å². The number of nitrogens with zero attached hydrogens (tertiary/aromatic N) is 1. The van der Waals surface area contributed by atoms with Gasteiger partial charge in [-0.05, 0) is 142 Å². The lowest BCUT2D eigenvalue weighted by Gasteiger charge is -2.30. The van der Waals surface area contributed by atoms with Crippen LogP contribution >= 0.6 is 0 Å². The molecule has 4 aliphatic rings. The molecule has 0 N–H and O–H groups in total. The standard InChI is InChI=1S/C53H51N/c1-3-51(54-52(43-27-17-8-18-28-43)33-38(2)39-19-9-4-10-20-39)46-31-29-45-35-47(32-30-44(45)34-46)53-49(41-23-13-6-14-24-41)36-48(40-21-11-5-12-22-40)37-50(53)42-25-15-7-16-26-42/h4,6,8-11,13,15,17-22,25-31,33-37,41,47H,2-3,5,7,12,14,16,23-24,32H2,1H3/b52-33-,54-51?. The van der Waals surface area contributed by atoms with E-state index >= 15 is 0 Å². The third kappa shape index (κ3) is 7.87. The van der Waals surface area contributed by atoms with Gasteiger partial charge in [0.1, 0.15) is 0 Å². The highest BCUT2D eigenvalue weighted by Gasteiger charge is 2.26. The van der Waals surface area contributed by atoms with Crippen LogP contribution in [0.2, 0.25) is 0 Å². The van der Waals surface area contributed by atoms with Crippen LogP contribution in [0.1, 0.15) is 115 Å². The summed E-state index contributed by atoms with van der Waals surface area (Å²) >= 11 is 0. The zero-order valence-electron chi connectivity index (χ0n) is 31.7. The van der Waals surface area contributed by atoms with Crippen molar-refractivity contribution in [3.63, 3.8) is 0 Å². The van der Waals surface area contributed by atoms with E-state index in [9.17, 15) is 0 Å². The summed E-state index contributed by atoms with van der Waals surface area (Å²) in [6.07, 6.45) is 36.1. The van der Waals surface area contributed by atoms with E-state index < -0.39 is 0 Å². The topological polar surface area (TPSA) is 12.4 Å². The maximum Gasteiger partial charge on any atom is 0.0711 e. The van der Waals surface area contributed by atoms with Crippen LogP contribution in [-0.2, 0) is 0 Å². The maximum absolute atomic E-state index is 5.35. The van der Waals surface area contributed by atoms with Gasteiger partial charge in [-0.2, -0.15) is 0 Å². The van der Waals surface area contributed by atoms with Gasteiger partial charge < -0.3 is 0 Å². The molecular formula is C53H51N. The Bertz CT molecular complexity index is 2370. The Morgan fingerprint density at radius 2 is 1.43 bits per heavy atom. The van der Waals surface area contributed by atoms with Gasteiger partial charge in [-0.25, -0.2) is 0 Å². The van der Waals surface area contributed by atoms with E-state index in [4.69, 9.17) is 4.99 Å². The fourth-order valence-corrected chi connectivity index (χ4v) is 8.55. The van der Waals surface area contributed by atoms with E-state index in [1.165, 1.54) is 50.3 Å². The third-order valence-electron chi connectivity index (χ3n) is 11.4. The molecule has 0 saturated carbocycles. The summed E-state index contributed by atoms with van der Waals surface area (Å²) < 4.78 is 0. The largest absolute Gasteiger partial charge is 0.252 e. The molecule has 0 heterocycles. The Hall–Kier alpha value is -5.53. The average Bonchev–Trinajstić information content (AvgIpc) is 3.25. The quantitative estimate of drug-likeness (QED) is 0.0887. The van der Waals surface area contributed by atoms with Crippen molar-refractivity contribution >= 4 is 40.3 Å². The van der Waals surface area contributed by atoms with Crippen molar-refractivity contribution in [2.75, 3.05) is 0 Å². The van der Waals surface area contributed by atoms with Crippen molar-refractivity contribution in [3.05, 3.63) is 202 Å². The van der Waals surface area contributed by atoms with Crippen LogP contribution in [0.5, 0.6) is 0 Å². The van der Waals surface area contributed by atoms with Crippen LogP contribution in [-0.4, -0.2) is 5.71 Å². The van der Waals surface area contributed by atoms with Crippen LogP contribution in [0.15, 0.2) is 157 Å². The van der Waals surface area contributed by atoms with Gasteiger partial charge in [0, 0.05) is 17.2 Å². The fourth-order valence-electron chi connectivity index (χ4n) is 8.55. The summed E-state index contributed by atoms with van der Waals surface area (Å²) in [5.41, 5.74) is 15.0. The number of allylic oxidation sites excluding steroid dienone is 12. The summed E-state index contributed by atoms with van der Waals surface area (Å²) in [5.74, 6) is 0.853. The number of hydrogen-bond acceptors (Lipinski definition) is 1. The normalized spacial score (nSPS) is 19.6. The number of rotatable bonds is 10. The smallest absolute Gasteiger partial charge is 0.0711 e. The second-order valence-electron chi connectivity index (χ2n) is 15.0. The van der Waals surface area contributed by atoms with Gasteiger partial charge in [0.2, 0.25) is 0 Å². The van der Waals surface area contributed by atoms with Crippen molar-refractivity contribution < 1.29 is 0 Å². The maximum atomic E-state index is 5.35. The highest BCUT2D eigenvalue weighted by Crippen LogP contribution is 2.43. The zero-order chi connectivity index (χ0) is 36.7. The molecule has 2 unspecified atom stereocenters. The summed E-state index contributed by atoms with van der Waals surface area (Å²) in [5, 5.41) is 2.62. The molecule has 1 nitrogen and oxygen atoms in total. The third-order valence-corrected chi connectivity index (χ3v) is 11.4. The average molecular weight is 702 g/mol. The van der Waals surface area contributed by atoms with Crippen LogP contribution < -0.4 is 10.4 Å². The SMILES string of the molecule is C=C(/C=C(\N=C(CC)c1ccc2c(c1)=CCC(c1c(C3=CCCC=C3)cc(C3=CCCC=C3)cc1C1CC=CCC1)C=2)c1ccccc1)c1ccccc1. The second kappa shape index (κ2) is 16.6. The highest BCUT2D eigenvalue weighted by atomic mass is 14.8. The van der Waals surface area contributed by atoms with Crippen LogP contribution in [0.3, 0.4) is 0 Å². The monoisotopic (exact) mass is 701 g/mol. The van der Waals surface area contributed by atoms with E-state index in [1.807, 2.05) is 6.07 Å². The van der Waals surface area contributed by atoms with E-state index in [1.54, 1.807) is 5.56 Å². The predicted molar refractivity (Wildman–Crippen MR) is 234 cm³/mol. The molecule has 0 radical (unpaired) electrons. The Morgan fingerprint density at radius 1 is 0.685 bits per heavy atom. The Balaban J connectivity index is 1.20. The Morgan fingerprint density at radius 3 is 2.11 bits per heavy atom. The predicted octanol–water partition coefficient (Wildman–Crippen LogP) is 12.7. The minimum Gasteiger partial charge on any atom is -0.252 e. The van der Waals surface area contributed by atoms with Crippen LogP contribution in [0, 0.1) is 0 Å². The highest BCUT2D eigenvalue weighted by molar-refractivity contribution is 6.04. The molecule has 268 valence electrons. The molecular weight excluding hydrogens is 651 g/mol. The molecule has 0 amide bonds. The Kier molecular flexibility index (Phi) is 10.9. The summed E-state index contributed by atoms with van der Waals surface area (Å²) in [4.78, 5) is 5.35. The molecule has 4 aromatic carbocycles. The molecule has 0 spiro atoms. The van der Waals surface area contributed by atoms with Crippen molar-refractivity contribution in [2.45, 2.75) is 76.5 Å². The molecule has 0 aromatic heterocycles. The van der Waals surface area contributed by atoms with Gasteiger partial charge in [-0.15, -0.1) is 0 Å². The minimum absolute atomic E-state index is 0.316. The molecule has 0 bridgehead atoms. The molecule has 0 fully saturated rings. The van der Waals surface area contributed by atoms with Crippen LogP contribution in [0.25, 0.3) is 34.6 Å². The molecule has 0 saturated heterocycles. The molecule has 4 aromatic rings. The van der Waals surface area contributed by atoms with Crippen molar-refractivity contribution in [1.29, 1.82) is 0 Å². The Labute approximate surface area is 322 Å². The van der Waals surface area contributed by atoms with E-state index in [2.05, 4.69) is 165 Å². The lowest BCUT2D eigenvalue weighted by atomic mass is 9.74. The molecule has 54 heavy (non-hydrogen) atoms. The molecule has 1 heteroatoms. The van der Waals surface area contributed by atoms with E-state index in [-0.39, 0.29) is 0 Å². The van der Waals surface area contributed by atoms with E-state index in [0.29, 0.717) is 11.8 Å². The number of fused-ring (bicyclic) bond motifs is 1. The first-order valence-electron chi connectivity index (χ1n) is 20.1. The lowest BCUT2D eigenvalue weighted by molar-refractivity contribution is 0.608. The van der Waals surface area contributed by atoms with Gasteiger partial charge in [-0.1, -0.05) is 153 Å². The van der Waals surface area contributed by atoms with Gasteiger partial charge >= 0.3 is 0 Å². The van der Waals surface area contributed by atoms with Gasteiger partial charge in [0.05, 0.1) is 5.70 Å². The van der Waals surface area contributed by atoms with Gasteiger partial charge in [0.25, 0.3) is 0 Å². The summed E-state index contributed by atoms with van der Waals surface area (Å²) in [7, 11) is 0. The number of benzene rings is 4. The lowest BCUT2D eigenvalue weighted by Crippen LogP contribution is -2.30. The molecule has 0 aliphatic heterocycles. The second-order valence-corrected chi connectivity index (χ2v) is 15.0. The van der Waals surface area contributed by atoms with Gasteiger partial charge in [-0.3, -0.25) is 4.99 Å². The number of hydrogen-bond donors (Lipinski definition) is 0. The molecule has 8 rings (SSSR count). The summed E-state index contributed by atoms with van der Waals surface area (Å²) in [6, 6.07) is 32.9. The first kappa shape index (κ1) is 35.5. The fraction of sp³-hybridized carbons (Fsp3) is 0.226. The minimum atomic E-state index is 0.316.